The van der Waals surface area contributed by atoms with E-state index in [1.807, 2.05) is 18.2 Å². The monoisotopic (exact) mass is 663 g/mol. The van der Waals surface area contributed by atoms with Crippen LogP contribution in [0.1, 0.15) is 24.3 Å². The van der Waals surface area contributed by atoms with E-state index in [2.05, 4.69) is 48.8 Å². The summed E-state index contributed by atoms with van der Waals surface area (Å²) in [5.74, 6) is -0.275. The molecule has 1 amide bonds. The molecule has 176 valence electrons. The summed E-state index contributed by atoms with van der Waals surface area (Å²) in [5.41, 5.74) is 1.70. The average Bonchev–Trinajstić information content (AvgIpc) is 3.31. The van der Waals surface area contributed by atoms with Gasteiger partial charge in [-0.2, -0.15) is 0 Å². The number of allylic oxidation sites excluding steroid dienone is 1. The standard InChI is InChI=1S/C25H16BrFIN3O3S/c1-13-20(23(32)30-16-5-3-2-4-6-16)21(14-7-9-15(27)10-8-14)31-24(33)19(35-25(31)29-13)12-17-11-18(26)22(28)34-17/h2-12,21H,1H3,(H,30,32)/b19-12+/t21-/m0/s1. The van der Waals surface area contributed by atoms with Crippen molar-refractivity contribution >= 4 is 67.5 Å². The van der Waals surface area contributed by atoms with Crippen LogP contribution in [0.4, 0.5) is 10.1 Å². The zero-order valence-corrected chi connectivity index (χ0v) is 22.6. The average molecular weight is 664 g/mol. The Morgan fingerprint density at radius 1 is 1.23 bits per heavy atom. The topological polar surface area (TPSA) is 76.6 Å². The van der Waals surface area contributed by atoms with Gasteiger partial charge in [-0.05, 0) is 58.7 Å². The van der Waals surface area contributed by atoms with E-state index >= 15 is 0 Å². The number of para-hydroxylation sites is 1. The Balaban J connectivity index is 1.68. The van der Waals surface area contributed by atoms with Crippen LogP contribution in [-0.4, -0.2) is 10.5 Å². The van der Waals surface area contributed by atoms with Gasteiger partial charge in [0, 0.05) is 34.4 Å². The predicted octanol–water partition coefficient (Wildman–Crippen LogP) is 4.97. The van der Waals surface area contributed by atoms with Crippen molar-refractivity contribution in [2.75, 3.05) is 5.32 Å². The third-order valence-corrected chi connectivity index (χ3v) is 8.54. The molecular formula is C25H16BrFIN3O3S. The maximum atomic E-state index is 13.7. The maximum Gasteiger partial charge on any atom is 0.271 e. The van der Waals surface area contributed by atoms with Crippen molar-refractivity contribution in [3.05, 3.63) is 117 Å². The van der Waals surface area contributed by atoms with Gasteiger partial charge in [-0.3, -0.25) is 14.2 Å². The Hall–Kier alpha value is -2.83. The van der Waals surface area contributed by atoms with E-state index in [9.17, 15) is 14.0 Å². The van der Waals surface area contributed by atoms with E-state index < -0.39 is 11.9 Å². The van der Waals surface area contributed by atoms with Crippen LogP contribution in [-0.2, 0) is 4.79 Å². The van der Waals surface area contributed by atoms with Crippen molar-refractivity contribution in [3.63, 3.8) is 0 Å². The number of halogens is 3. The fourth-order valence-corrected chi connectivity index (χ4v) is 5.60. The summed E-state index contributed by atoms with van der Waals surface area (Å²) in [6.07, 6.45) is 1.65. The Bertz CT molecular complexity index is 1640. The molecule has 2 aromatic heterocycles. The fourth-order valence-electron chi connectivity index (χ4n) is 3.86. The summed E-state index contributed by atoms with van der Waals surface area (Å²) in [6, 6.07) is 15.8. The second kappa shape index (κ2) is 9.67. The number of carbonyl (C=O) groups excluding carboxylic acids is 1. The van der Waals surface area contributed by atoms with E-state index in [0.717, 1.165) is 4.47 Å². The minimum atomic E-state index is -0.777. The molecule has 1 aliphatic heterocycles. The minimum Gasteiger partial charge on any atom is -0.450 e. The van der Waals surface area contributed by atoms with Crippen molar-refractivity contribution in [1.29, 1.82) is 0 Å². The first-order valence-electron chi connectivity index (χ1n) is 10.4. The first-order chi connectivity index (χ1) is 16.8. The number of benzene rings is 2. The second-order valence-corrected chi connectivity index (χ2v) is 10.6. The number of aromatic nitrogens is 1. The van der Waals surface area contributed by atoms with Gasteiger partial charge in [0.25, 0.3) is 11.5 Å². The molecule has 1 N–H and O–H groups in total. The van der Waals surface area contributed by atoms with Crippen LogP contribution >= 0.6 is 49.9 Å². The van der Waals surface area contributed by atoms with Crippen LogP contribution in [0.3, 0.4) is 0 Å². The largest absolute Gasteiger partial charge is 0.450 e. The Kier molecular flexibility index (Phi) is 6.60. The number of thiazole rings is 1. The van der Waals surface area contributed by atoms with E-state index in [0.29, 0.717) is 41.4 Å². The van der Waals surface area contributed by atoms with Gasteiger partial charge in [0.1, 0.15) is 11.6 Å². The quantitative estimate of drug-likeness (QED) is 0.313. The number of hydrogen-bond acceptors (Lipinski definition) is 5. The molecule has 1 atom stereocenters. The van der Waals surface area contributed by atoms with Crippen LogP contribution in [0.2, 0.25) is 0 Å². The van der Waals surface area contributed by atoms with Crippen molar-refractivity contribution in [2.24, 2.45) is 4.99 Å². The smallest absolute Gasteiger partial charge is 0.271 e. The molecule has 0 spiro atoms. The molecule has 10 heteroatoms. The Morgan fingerprint density at radius 2 is 1.94 bits per heavy atom. The first-order valence-corrected chi connectivity index (χ1v) is 13.1. The zero-order valence-electron chi connectivity index (χ0n) is 18.1. The summed E-state index contributed by atoms with van der Waals surface area (Å²) in [5, 5.41) is 2.89. The van der Waals surface area contributed by atoms with Crippen molar-refractivity contribution in [2.45, 2.75) is 13.0 Å². The third-order valence-electron chi connectivity index (χ3n) is 5.42. The molecule has 0 radical (unpaired) electrons. The molecule has 0 fully saturated rings. The summed E-state index contributed by atoms with van der Waals surface area (Å²) in [6.45, 7) is 1.74. The van der Waals surface area contributed by atoms with Crippen LogP contribution < -0.4 is 20.2 Å². The number of nitrogens with zero attached hydrogens (tertiary/aromatic N) is 2. The van der Waals surface area contributed by atoms with Gasteiger partial charge in [-0.25, -0.2) is 9.38 Å². The SMILES string of the molecule is CC1=C(C(=O)Nc2ccccc2)[C@H](c2ccc(F)cc2)n2c(s/c(=C/c3cc(Br)c(I)o3)c2=O)=N1. The van der Waals surface area contributed by atoms with Crippen LogP contribution in [0.25, 0.3) is 6.08 Å². The highest BCUT2D eigenvalue weighted by atomic mass is 127. The summed E-state index contributed by atoms with van der Waals surface area (Å²) in [4.78, 5) is 32.1. The number of carbonyl (C=O) groups is 1. The zero-order chi connectivity index (χ0) is 24.7. The summed E-state index contributed by atoms with van der Waals surface area (Å²) < 4.78 is 22.8. The Labute approximate surface area is 224 Å². The van der Waals surface area contributed by atoms with E-state index in [1.165, 1.54) is 28.0 Å². The van der Waals surface area contributed by atoms with Gasteiger partial charge >= 0.3 is 0 Å². The first kappa shape index (κ1) is 23.9. The number of amides is 1. The number of rotatable bonds is 4. The van der Waals surface area contributed by atoms with Gasteiger partial charge in [0.05, 0.1) is 26.3 Å². The highest BCUT2D eigenvalue weighted by molar-refractivity contribution is 14.1. The lowest BCUT2D eigenvalue weighted by molar-refractivity contribution is -0.113. The molecule has 35 heavy (non-hydrogen) atoms. The van der Waals surface area contributed by atoms with E-state index in [1.54, 1.807) is 43.3 Å². The van der Waals surface area contributed by atoms with Gasteiger partial charge < -0.3 is 9.73 Å². The highest BCUT2D eigenvalue weighted by Gasteiger charge is 2.32. The summed E-state index contributed by atoms with van der Waals surface area (Å²) >= 11 is 6.67. The number of hydrogen-bond donors (Lipinski definition) is 1. The minimum absolute atomic E-state index is 0.315. The molecule has 4 aromatic rings. The number of anilines is 1. The third kappa shape index (κ3) is 4.69. The molecule has 0 saturated carbocycles. The van der Waals surface area contributed by atoms with Crippen molar-refractivity contribution < 1.29 is 13.6 Å². The van der Waals surface area contributed by atoms with Crippen molar-refractivity contribution in [1.82, 2.24) is 4.57 Å². The normalized spacial score (nSPS) is 15.7. The molecule has 2 aromatic carbocycles. The maximum absolute atomic E-state index is 13.7. The van der Waals surface area contributed by atoms with Crippen LogP contribution in [0.15, 0.2) is 90.6 Å². The molecule has 0 bridgehead atoms. The van der Waals surface area contributed by atoms with E-state index in [4.69, 9.17) is 4.42 Å². The number of nitrogens with one attached hydrogen (secondary N) is 1. The van der Waals surface area contributed by atoms with E-state index in [-0.39, 0.29) is 11.5 Å². The van der Waals surface area contributed by atoms with Gasteiger partial charge in [0.2, 0.25) is 0 Å². The molecule has 6 nitrogen and oxygen atoms in total. The molecule has 0 aliphatic carbocycles. The lowest BCUT2D eigenvalue weighted by atomic mass is 9.95. The van der Waals surface area contributed by atoms with Gasteiger partial charge in [-0.1, -0.05) is 41.7 Å². The molecule has 0 unspecified atom stereocenters. The fraction of sp³-hybridized carbons (Fsp3) is 0.0800. The van der Waals surface area contributed by atoms with Crippen LogP contribution in [0.5, 0.6) is 0 Å². The van der Waals surface area contributed by atoms with Crippen LogP contribution in [0, 0.1) is 9.58 Å². The number of furan rings is 1. The molecule has 3 heterocycles. The Morgan fingerprint density at radius 3 is 2.60 bits per heavy atom. The number of fused-ring (bicyclic) bond motifs is 1. The van der Waals surface area contributed by atoms with Gasteiger partial charge in [0.15, 0.2) is 8.57 Å². The molecule has 1 aliphatic rings. The lowest BCUT2D eigenvalue weighted by Crippen LogP contribution is -2.40. The highest BCUT2D eigenvalue weighted by Crippen LogP contribution is 2.31. The molecule has 0 saturated heterocycles. The van der Waals surface area contributed by atoms with Gasteiger partial charge in [-0.15, -0.1) is 0 Å². The van der Waals surface area contributed by atoms with Crippen molar-refractivity contribution in [3.8, 4) is 0 Å². The lowest BCUT2D eigenvalue weighted by Gasteiger charge is -2.25. The predicted molar refractivity (Wildman–Crippen MR) is 144 cm³/mol. The molecular weight excluding hydrogens is 648 g/mol. The summed E-state index contributed by atoms with van der Waals surface area (Å²) in [7, 11) is 0. The molecule has 5 rings (SSSR count). The second-order valence-electron chi connectivity index (χ2n) is 7.72.